The Morgan fingerprint density at radius 1 is 1.35 bits per heavy atom. The van der Waals surface area contributed by atoms with Crippen LogP contribution in [0.15, 0.2) is 0 Å². The van der Waals surface area contributed by atoms with E-state index in [1.165, 1.54) is 0 Å². The van der Waals surface area contributed by atoms with Crippen LogP contribution in [0.5, 0.6) is 0 Å². The number of nitrogens with one attached hydrogen (secondary N) is 1. The Bertz CT molecular complexity index is 310. The van der Waals surface area contributed by atoms with Crippen LogP contribution in [-0.2, 0) is 19.1 Å². The first-order valence-electron chi connectivity index (χ1n) is 5.33. The number of aliphatic carboxylic acids is 2. The van der Waals surface area contributed by atoms with Gasteiger partial charge in [0, 0.05) is 6.61 Å². The van der Waals surface area contributed by atoms with Gasteiger partial charge in [0.25, 0.3) is 0 Å². The van der Waals surface area contributed by atoms with Crippen LogP contribution in [0.3, 0.4) is 0 Å². The molecule has 0 spiro atoms. The minimum absolute atomic E-state index is 0.255. The van der Waals surface area contributed by atoms with Gasteiger partial charge >= 0.3 is 11.9 Å². The fraction of sp³-hybridized carbons (Fsp3) is 0.700. The number of rotatable bonds is 5. The van der Waals surface area contributed by atoms with E-state index in [0.717, 1.165) is 6.42 Å². The fourth-order valence-corrected chi connectivity index (χ4v) is 1.61. The lowest BCUT2D eigenvalue weighted by atomic mass is 10.0. The summed E-state index contributed by atoms with van der Waals surface area (Å²) in [6.45, 7) is 0.854. The second kappa shape index (κ2) is 6.19. The molecule has 1 aliphatic heterocycles. The van der Waals surface area contributed by atoms with Gasteiger partial charge in [0.05, 0.1) is 18.9 Å². The molecule has 0 aromatic heterocycles. The molecule has 17 heavy (non-hydrogen) atoms. The molecule has 0 aromatic carbocycles. The van der Waals surface area contributed by atoms with E-state index in [1.54, 1.807) is 0 Å². The molecule has 1 rings (SSSR count). The second-order valence-corrected chi connectivity index (χ2v) is 3.91. The standard InChI is InChI=1S/C10H15NO6/c12-8(13)4-7(10(15)16)11-9(14)6-2-1-3-17-5-6/h6-7H,1-5H2,(H,11,14)(H,12,13)(H,15,16). The van der Waals surface area contributed by atoms with Gasteiger partial charge in [-0.2, -0.15) is 0 Å². The predicted molar refractivity (Wildman–Crippen MR) is 55.4 cm³/mol. The zero-order valence-electron chi connectivity index (χ0n) is 9.22. The molecule has 1 heterocycles. The van der Waals surface area contributed by atoms with Crippen LogP contribution in [0.2, 0.25) is 0 Å². The molecule has 2 unspecified atom stereocenters. The van der Waals surface area contributed by atoms with Gasteiger partial charge in [-0.1, -0.05) is 0 Å². The maximum atomic E-state index is 11.6. The van der Waals surface area contributed by atoms with Crippen LogP contribution in [0.25, 0.3) is 0 Å². The summed E-state index contributed by atoms with van der Waals surface area (Å²) in [5, 5.41) is 19.5. The highest BCUT2D eigenvalue weighted by Gasteiger charge is 2.28. The molecule has 1 aliphatic rings. The van der Waals surface area contributed by atoms with E-state index in [2.05, 4.69) is 5.32 Å². The molecular formula is C10H15NO6. The molecule has 0 radical (unpaired) electrons. The van der Waals surface area contributed by atoms with Crippen molar-refractivity contribution in [1.82, 2.24) is 5.32 Å². The molecule has 1 amide bonds. The van der Waals surface area contributed by atoms with Crippen LogP contribution >= 0.6 is 0 Å². The number of carboxylic acids is 2. The first-order chi connectivity index (χ1) is 8.00. The van der Waals surface area contributed by atoms with Crippen LogP contribution in [0, 0.1) is 5.92 Å². The largest absolute Gasteiger partial charge is 0.481 e. The molecule has 3 N–H and O–H groups in total. The van der Waals surface area contributed by atoms with Crippen molar-refractivity contribution in [2.75, 3.05) is 13.2 Å². The fourth-order valence-electron chi connectivity index (χ4n) is 1.61. The molecule has 7 heteroatoms. The Morgan fingerprint density at radius 3 is 2.53 bits per heavy atom. The maximum Gasteiger partial charge on any atom is 0.326 e. The highest BCUT2D eigenvalue weighted by molar-refractivity contribution is 5.87. The van der Waals surface area contributed by atoms with E-state index in [0.29, 0.717) is 13.0 Å². The van der Waals surface area contributed by atoms with Crippen LogP contribution in [0.1, 0.15) is 19.3 Å². The molecule has 96 valence electrons. The van der Waals surface area contributed by atoms with Crippen LogP contribution in [-0.4, -0.2) is 47.3 Å². The highest BCUT2D eigenvalue weighted by atomic mass is 16.5. The second-order valence-electron chi connectivity index (χ2n) is 3.91. The van der Waals surface area contributed by atoms with Crippen molar-refractivity contribution in [3.63, 3.8) is 0 Å². The number of carboxylic acid groups (broad SMARTS) is 2. The van der Waals surface area contributed by atoms with Gasteiger partial charge in [-0.25, -0.2) is 4.79 Å². The number of hydrogen-bond donors (Lipinski definition) is 3. The smallest absolute Gasteiger partial charge is 0.326 e. The van der Waals surface area contributed by atoms with E-state index in [4.69, 9.17) is 14.9 Å². The molecule has 0 saturated carbocycles. The first kappa shape index (κ1) is 13.4. The first-order valence-corrected chi connectivity index (χ1v) is 5.33. The Hall–Kier alpha value is -1.63. The molecule has 0 aromatic rings. The van der Waals surface area contributed by atoms with E-state index < -0.39 is 30.3 Å². The Labute approximate surface area is 97.8 Å². The summed E-state index contributed by atoms with van der Waals surface area (Å²) in [7, 11) is 0. The summed E-state index contributed by atoms with van der Waals surface area (Å²) in [6, 6.07) is -1.39. The van der Waals surface area contributed by atoms with E-state index in [1.807, 2.05) is 0 Å². The average Bonchev–Trinajstić information content (AvgIpc) is 2.28. The minimum atomic E-state index is -1.39. The quantitative estimate of drug-likeness (QED) is 0.599. The van der Waals surface area contributed by atoms with Crippen molar-refractivity contribution < 1.29 is 29.3 Å². The van der Waals surface area contributed by atoms with E-state index >= 15 is 0 Å². The van der Waals surface area contributed by atoms with Crippen LogP contribution < -0.4 is 5.32 Å². The predicted octanol–water partition coefficient (Wildman–Crippen LogP) is -0.543. The number of hydrogen-bond acceptors (Lipinski definition) is 4. The van der Waals surface area contributed by atoms with Crippen molar-refractivity contribution in [3.05, 3.63) is 0 Å². The summed E-state index contributed by atoms with van der Waals surface area (Å²) in [6.07, 6.45) is 0.745. The van der Waals surface area contributed by atoms with E-state index in [9.17, 15) is 14.4 Å². The Kier molecular flexibility index (Phi) is 4.89. The number of carbonyl (C=O) groups is 3. The van der Waals surface area contributed by atoms with Gasteiger partial charge in [0.15, 0.2) is 0 Å². The molecule has 0 aliphatic carbocycles. The molecule has 1 saturated heterocycles. The molecule has 1 fully saturated rings. The molecule has 7 nitrogen and oxygen atoms in total. The molecular weight excluding hydrogens is 230 g/mol. The van der Waals surface area contributed by atoms with Gasteiger partial charge in [-0.3, -0.25) is 9.59 Å². The Morgan fingerprint density at radius 2 is 2.06 bits per heavy atom. The third kappa shape index (κ3) is 4.39. The highest BCUT2D eigenvalue weighted by Crippen LogP contribution is 2.13. The lowest BCUT2D eigenvalue weighted by molar-refractivity contribution is -0.148. The molecule has 0 bridgehead atoms. The minimum Gasteiger partial charge on any atom is -0.481 e. The van der Waals surface area contributed by atoms with Crippen molar-refractivity contribution in [2.24, 2.45) is 5.92 Å². The summed E-state index contributed by atoms with van der Waals surface area (Å²) >= 11 is 0. The van der Waals surface area contributed by atoms with Gasteiger partial charge in [-0.05, 0) is 12.8 Å². The monoisotopic (exact) mass is 245 g/mol. The lowest BCUT2D eigenvalue weighted by Crippen LogP contribution is -2.46. The third-order valence-electron chi connectivity index (χ3n) is 2.52. The summed E-state index contributed by atoms with van der Waals surface area (Å²) < 4.78 is 5.10. The number of carbonyl (C=O) groups excluding carboxylic acids is 1. The van der Waals surface area contributed by atoms with Crippen LogP contribution in [0.4, 0.5) is 0 Å². The number of amides is 1. The Balaban J connectivity index is 2.50. The lowest BCUT2D eigenvalue weighted by Gasteiger charge is -2.22. The van der Waals surface area contributed by atoms with Crippen molar-refractivity contribution in [2.45, 2.75) is 25.3 Å². The summed E-state index contributed by atoms with van der Waals surface area (Å²) in [5.41, 5.74) is 0. The summed E-state index contributed by atoms with van der Waals surface area (Å²) in [4.78, 5) is 32.8. The van der Waals surface area contributed by atoms with Gasteiger partial charge < -0.3 is 20.3 Å². The van der Waals surface area contributed by atoms with Crippen molar-refractivity contribution in [1.29, 1.82) is 0 Å². The van der Waals surface area contributed by atoms with E-state index in [-0.39, 0.29) is 12.5 Å². The normalized spacial score (nSPS) is 21.5. The van der Waals surface area contributed by atoms with Gasteiger partial charge in [0.1, 0.15) is 6.04 Å². The third-order valence-corrected chi connectivity index (χ3v) is 2.52. The number of ether oxygens (including phenoxy) is 1. The van der Waals surface area contributed by atoms with Gasteiger partial charge in [0.2, 0.25) is 5.91 Å². The summed E-state index contributed by atoms with van der Waals surface area (Å²) in [5.74, 6) is -3.46. The topological polar surface area (TPSA) is 113 Å². The van der Waals surface area contributed by atoms with Gasteiger partial charge in [-0.15, -0.1) is 0 Å². The van der Waals surface area contributed by atoms with Crippen molar-refractivity contribution in [3.8, 4) is 0 Å². The zero-order valence-corrected chi connectivity index (χ0v) is 9.22. The zero-order chi connectivity index (χ0) is 12.8. The van der Waals surface area contributed by atoms with Crippen molar-refractivity contribution >= 4 is 17.8 Å². The SMILES string of the molecule is O=C(O)CC(NC(=O)C1CCCOC1)C(=O)O. The maximum absolute atomic E-state index is 11.6. The average molecular weight is 245 g/mol. The molecule has 2 atom stereocenters.